The molecule has 3 N–H and O–H groups in total. The van der Waals surface area contributed by atoms with Crippen LogP contribution in [0.25, 0.3) is 0 Å². The summed E-state index contributed by atoms with van der Waals surface area (Å²) in [5.74, 6) is -0.672. The van der Waals surface area contributed by atoms with Gasteiger partial charge in [0.2, 0.25) is 10.0 Å². The minimum atomic E-state index is -3.93. The zero-order valence-corrected chi connectivity index (χ0v) is 12.3. The summed E-state index contributed by atoms with van der Waals surface area (Å²) in [7, 11) is -2.59. The minimum Gasteiger partial charge on any atom is -0.399 e. The van der Waals surface area contributed by atoms with E-state index in [2.05, 4.69) is 0 Å². The standard InChI is InChI=1S/C12H19FN2O3S/c1-8-10(13)5-9(14)6-11(8)19(17,18)15(4)12(2,3)7-16/h5-6,16H,7,14H2,1-4H3. The molecule has 7 heteroatoms. The lowest BCUT2D eigenvalue weighted by molar-refractivity contribution is 0.138. The number of nitrogens with two attached hydrogens (primary N) is 1. The van der Waals surface area contributed by atoms with Gasteiger partial charge in [-0.25, -0.2) is 12.8 Å². The van der Waals surface area contributed by atoms with Crippen LogP contribution in [-0.2, 0) is 10.0 Å². The van der Waals surface area contributed by atoms with E-state index in [1.807, 2.05) is 0 Å². The van der Waals surface area contributed by atoms with Crippen molar-refractivity contribution in [3.63, 3.8) is 0 Å². The number of anilines is 1. The van der Waals surface area contributed by atoms with E-state index in [4.69, 9.17) is 5.73 Å². The molecule has 19 heavy (non-hydrogen) atoms. The highest BCUT2D eigenvalue weighted by molar-refractivity contribution is 7.89. The van der Waals surface area contributed by atoms with E-state index in [1.165, 1.54) is 20.0 Å². The third kappa shape index (κ3) is 2.88. The average Bonchev–Trinajstić information content (AvgIpc) is 2.32. The third-order valence-corrected chi connectivity index (χ3v) is 5.39. The van der Waals surface area contributed by atoms with Crippen LogP contribution in [0.15, 0.2) is 17.0 Å². The first-order valence-corrected chi connectivity index (χ1v) is 7.13. The van der Waals surface area contributed by atoms with E-state index in [0.717, 1.165) is 10.4 Å². The summed E-state index contributed by atoms with van der Waals surface area (Å²) in [6.45, 7) is 4.17. The molecule has 0 heterocycles. The van der Waals surface area contributed by atoms with E-state index in [-0.39, 0.29) is 22.8 Å². The van der Waals surface area contributed by atoms with Crippen LogP contribution in [0.5, 0.6) is 0 Å². The van der Waals surface area contributed by atoms with Crippen LogP contribution in [-0.4, -0.2) is 37.0 Å². The molecule has 1 rings (SSSR count). The maximum absolute atomic E-state index is 13.6. The number of benzene rings is 1. The number of aliphatic hydroxyl groups is 1. The fourth-order valence-electron chi connectivity index (χ4n) is 1.51. The fraction of sp³-hybridized carbons (Fsp3) is 0.500. The summed E-state index contributed by atoms with van der Waals surface area (Å²) in [6, 6.07) is 2.29. The largest absolute Gasteiger partial charge is 0.399 e. The Bertz CT molecular complexity index is 585. The summed E-state index contributed by atoms with van der Waals surface area (Å²) in [6.07, 6.45) is 0. The Morgan fingerprint density at radius 3 is 2.42 bits per heavy atom. The number of nitrogen functional groups attached to an aromatic ring is 1. The van der Waals surface area contributed by atoms with Gasteiger partial charge in [0, 0.05) is 18.3 Å². The van der Waals surface area contributed by atoms with Crippen molar-refractivity contribution in [1.82, 2.24) is 4.31 Å². The number of likely N-dealkylation sites (N-methyl/N-ethyl adjacent to an activating group) is 1. The Labute approximate surface area is 112 Å². The molecule has 0 saturated heterocycles. The van der Waals surface area contributed by atoms with Crippen LogP contribution in [0.2, 0.25) is 0 Å². The molecule has 0 saturated carbocycles. The Hall–Kier alpha value is -1.18. The highest BCUT2D eigenvalue weighted by Crippen LogP contribution is 2.28. The SMILES string of the molecule is Cc1c(F)cc(N)cc1S(=O)(=O)N(C)C(C)(C)CO. The van der Waals surface area contributed by atoms with E-state index in [9.17, 15) is 17.9 Å². The lowest BCUT2D eigenvalue weighted by atomic mass is 10.1. The van der Waals surface area contributed by atoms with Crippen LogP contribution >= 0.6 is 0 Å². The van der Waals surface area contributed by atoms with Crippen molar-refractivity contribution in [2.75, 3.05) is 19.4 Å². The molecule has 5 nitrogen and oxygen atoms in total. The maximum atomic E-state index is 13.6. The summed E-state index contributed by atoms with van der Waals surface area (Å²) >= 11 is 0. The van der Waals surface area contributed by atoms with Crippen molar-refractivity contribution in [2.45, 2.75) is 31.2 Å². The van der Waals surface area contributed by atoms with Gasteiger partial charge >= 0.3 is 0 Å². The smallest absolute Gasteiger partial charge is 0.243 e. The second-order valence-electron chi connectivity index (χ2n) is 5.07. The average molecular weight is 290 g/mol. The molecule has 0 aliphatic carbocycles. The normalized spacial score (nSPS) is 13.0. The Kier molecular flexibility index (Phi) is 4.23. The zero-order valence-electron chi connectivity index (χ0n) is 11.4. The number of hydrogen-bond donors (Lipinski definition) is 2. The molecule has 0 fully saturated rings. The molecule has 1 aromatic carbocycles. The second kappa shape index (κ2) is 5.07. The molecule has 0 amide bonds. The van der Waals surface area contributed by atoms with Gasteiger partial charge in [0.1, 0.15) is 5.82 Å². The van der Waals surface area contributed by atoms with Crippen molar-refractivity contribution in [1.29, 1.82) is 0 Å². The Morgan fingerprint density at radius 2 is 1.95 bits per heavy atom. The van der Waals surface area contributed by atoms with Crippen LogP contribution in [0.4, 0.5) is 10.1 Å². The summed E-state index contributed by atoms with van der Waals surface area (Å²) < 4.78 is 39.5. The van der Waals surface area contributed by atoms with Crippen molar-refractivity contribution >= 4 is 15.7 Å². The molecule has 0 aromatic heterocycles. The molecule has 0 atom stereocenters. The third-order valence-electron chi connectivity index (χ3n) is 3.20. The number of rotatable bonds is 4. The minimum absolute atomic E-state index is 0.00906. The fourth-order valence-corrected chi connectivity index (χ4v) is 3.29. The quantitative estimate of drug-likeness (QED) is 0.814. The molecular weight excluding hydrogens is 271 g/mol. The summed E-state index contributed by atoms with van der Waals surface area (Å²) in [5, 5.41) is 9.25. The van der Waals surface area contributed by atoms with Crippen molar-refractivity contribution in [3.8, 4) is 0 Å². The lowest BCUT2D eigenvalue weighted by Gasteiger charge is -2.33. The molecule has 0 bridgehead atoms. The first-order chi connectivity index (χ1) is 8.54. The van der Waals surface area contributed by atoms with Gasteiger partial charge in [0.05, 0.1) is 17.0 Å². The van der Waals surface area contributed by atoms with Gasteiger partial charge in [-0.05, 0) is 32.9 Å². The number of sulfonamides is 1. The molecule has 0 aliphatic heterocycles. The van der Waals surface area contributed by atoms with Gasteiger partial charge in [0.15, 0.2) is 0 Å². The number of aliphatic hydroxyl groups excluding tert-OH is 1. The summed E-state index contributed by atoms with van der Waals surface area (Å²) in [5.41, 5.74) is 4.55. The monoisotopic (exact) mass is 290 g/mol. The van der Waals surface area contributed by atoms with Gasteiger partial charge in [0.25, 0.3) is 0 Å². The molecule has 108 valence electrons. The highest BCUT2D eigenvalue weighted by atomic mass is 32.2. The van der Waals surface area contributed by atoms with Crippen molar-refractivity contribution in [3.05, 3.63) is 23.5 Å². The predicted molar refractivity (Wildman–Crippen MR) is 71.7 cm³/mol. The lowest BCUT2D eigenvalue weighted by Crippen LogP contribution is -2.47. The molecule has 0 aliphatic rings. The van der Waals surface area contributed by atoms with E-state index < -0.39 is 21.4 Å². The number of nitrogens with zero attached hydrogens (tertiary/aromatic N) is 1. The van der Waals surface area contributed by atoms with Crippen LogP contribution in [0.3, 0.4) is 0 Å². The van der Waals surface area contributed by atoms with Crippen molar-refractivity contribution in [2.24, 2.45) is 0 Å². The molecule has 0 spiro atoms. The topological polar surface area (TPSA) is 83.6 Å². The first-order valence-electron chi connectivity index (χ1n) is 5.69. The van der Waals surface area contributed by atoms with Crippen LogP contribution in [0.1, 0.15) is 19.4 Å². The zero-order chi connectivity index (χ0) is 15.0. The maximum Gasteiger partial charge on any atom is 0.243 e. The van der Waals surface area contributed by atoms with Crippen LogP contribution in [0, 0.1) is 12.7 Å². The van der Waals surface area contributed by atoms with E-state index in [1.54, 1.807) is 13.8 Å². The van der Waals surface area contributed by atoms with Gasteiger partial charge in [-0.1, -0.05) is 0 Å². The van der Waals surface area contributed by atoms with Gasteiger partial charge in [-0.2, -0.15) is 4.31 Å². The van der Waals surface area contributed by atoms with Crippen LogP contribution < -0.4 is 5.73 Å². The summed E-state index contributed by atoms with van der Waals surface area (Å²) in [4.78, 5) is -0.186. The van der Waals surface area contributed by atoms with Gasteiger partial charge in [-0.3, -0.25) is 0 Å². The number of halogens is 1. The van der Waals surface area contributed by atoms with Gasteiger partial charge < -0.3 is 10.8 Å². The molecule has 0 radical (unpaired) electrons. The first kappa shape index (κ1) is 15.9. The number of hydrogen-bond acceptors (Lipinski definition) is 4. The highest BCUT2D eigenvalue weighted by Gasteiger charge is 2.35. The van der Waals surface area contributed by atoms with E-state index in [0.29, 0.717) is 0 Å². The molecule has 0 unspecified atom stereocenters. The predicted octanol–water partition coefficient (Wildman–Crippen LogP) is 1.11. The Morgan fingerprint density at radius 1 is 1.42 bits per heavy atom. The van der Waals surface area contributed by atoms with E-state index >= 15 is 0 Å². The second-order valence-corrected chi connectivity index (χ2v) is 7.01. The van der Waals surface area contributed by atoms with Crippen molar-refractivity contribution < 1.29 is 17.9 Å². The Balaban J connectivity index is 3.45. The molecular formula is C12H19FN2O3S. The molecule has 1 aromatic rings. The van der Waals surface area contributed by atoms with Gasteiger partial charge in [-0.15, -0.1) is 0 Å².